The molecular weight excluding hydrogens is 282 g/mol. The molecule has 0 atom stereocenters. The number of aliphatic imine (C=N–C) groups is 1. The van der Waals surface area contributed by atoms with Crippen LogP contribution >= 0.6 is 11.8 Å². The van der Waals surface area contributed by atoms with Gasteiger partial charge in [-0.25, -0.2) is 4.99 Å². The van der Waals surface area contributed by atoms with Gasteiger partial charge in [0.05, 0.1) is 19.0 Å². The zero-order valence-corrected chi connectivity index (χ0v) is 12.8. The smallest absolute Gasteiger partial charge is 0.182 e. The predicted molar refractivity (Wildman–Crippen MR) is 90.8 cm³/mol. The molecule has 0 aromatic heterocycles. The highest BCUT2D eigenvalue weighted by Crippen LogP contribution is 2.12. The zero-order chi connectivity index (χ0) is 14.9. The molecule has 0 saturated heterocycles. The van der Waals surface area contributed by atoms with E-state index < -0.39 is 0 Å². The largest absolute Gasteiger partial charge is 0.497 e. The molecule has 0 unspecified atom stereocenters. The van der Waals surface area contributed by atoms with Gasteiger partial charge in [-0.05, 0) is 48.2 Å². The van der Waals surface area contributed by atoms with Crippen molar-refractivity contribution in [3.63, 3.8) is 0 Å². The van der Waals surface area contributed by atoms with Crippen LogP contribution in [0, 0.1) is 0 Å². The van der Waals surface area contributed by atoms with Gasteiger partial charge < -0.3 is 4.74 Å². The van der Waals surface area contributed by atoms with Crippen molar-refractivity contribution in [1.29, 1.82) is 0 Å². The Bertz CT molecular complexity index is 609. The Kier molecular flexibility index (Phi) is 5.84. The molecule has 21 heavy (non-hydrogen) atoms. The molecule has 0 aliphatic rings. The summed E-state index contributed by atoms with van der Waals surface area (Å²) in [6, 6.07) is 17.5. The van der Waals surface area contributed by atoms with Crippen molar-refractivity contribution in [2.24, 2.45) is 10.1 Å². The molecule has 2 aromatic rings. The first-order valence-electron chi connectivity index (χ1n) is 6.42. The Labute approximate surface area is 128 Å². The van der Waals surface area contributed by atoms with Gasteiger partial charge >= 0.3 is 0 Å². The van der Waals surface area contributed by atoms with Crippen LogP contribution in [-0.2, 0) is 0 Å². The second-order valence-electron chi connectivity index (χ2n) is 4.10. The average Bonchev–Trinajstić information content (AvgIpc) is 2.55. The quantitative estimate of drug-likeness (QED) is 0.532. The van der Waals surface area contributed by atoms with Crippen LogP contribution < -0.4 is 10.2 Å². The van der Waals surface area contributed by atoms with Gasteiger partial charge in [0.1, 0.15) is 5.75 Å². The molecule has 0 spiro atoms. The third kappa shape index (κ3) is 4.96. The Balaban J connectivity index is 1.99. The molecule has 0 saturated carbocycles. The Morgan fingerprint density at radius 2 is 1.81 bits per heavy atom. The number of nitrogens with one attached hydrogen (secondary N) is 1. The number of para-hydroxylation sites is 1. The van der Waals surface area contributed by atoms with Gasteiger partial charge in [0.2, 0.25) is 0 Å². The van der Waals surface area contributed by atoms with E-state index in [9.17, 15) is 0 Å². The Morgan fingerprint density at radius 3 is 2.43 bits per heavy atom. The fraction of sp³-hybridized carbons (Fsp3) is 0.125. The highest BCUT2D eigenvalue weighted by molar-refractivity contribution is 8.13. The standard InChI is InChI=1S/C16H17N3OS/c1-20-15-10-8-13(9-11-15)12-17-19-16(21-2)18-14-6-4-3-5-7-14/h3-12H,1-2H3,(H,18,19). The molecular formula is C16H17N3OS. The summed E-state index contributed by atoms with van der Waals surface area (Å²) < 4.78 is 5.11. The SMILES string of the molecule is COc1ccc(C=NNC(=Nc2ccccc2)SC)cc1. The van der Waals surface area contributed by atoms with Crippen LogP contribution in [0.1, 0.15) is 5.56 Å². The van der Waals surface area contributed by atoms with E-state index >= 15 is 0 Å². The highest BCUT2D eigenvalue weighted by Gasteiger charge is 1.95. The summed E-state index contributed by atoms with van der Waals surface area (Å²) in [5, 5.41) is 4.94. The topological polar surface area (TPSA) is 46.0 Å². The number of hydrogen-bond acceptors (Lipinski definition) is 4. The maximum Gasteiger partial charge on any atom is 0.182 e. The molecule has 0 aliphatic carbocycles. The van der Waals surface area contributed by atoms with Crippen LogP contribution in [0.4, 0.5) is 5.69 Å². The number of nitrogens with zero attached hydrogens (tertiary/aromatic N) is 2. The monoisotopic (exact) mass is 299 g/mol. The molecule has 0 aliphatic heterocycles. The minimum Gasteiger partial charge on any atom is -0.497 e. The summed E-state index contributed by atoms with van der Waals surface area (Å²) in [6.45, 7) is 0. The molecule has 2 rings (SSSR count). The summed E-state index contributed by atoms with van der Waals surface area (Å²) >= 11 is 1.51. The van der Waals surface area contributed by atoms with Gasteiger partial charge in [0, 0.05) is 0 Å². The number of thioether (sulfide) groups is 1. The van der Waals surface area contributed by atoms with Crippen molar-refractivity contribution in [2.45, 2.75) is 0 Å². The fourth-order valence-corrected chi connectivity index (χ4v) is 1.93. The van der Waals surface area contributed by atoms with Crippen molar-refractivity contribution < 1.29 is 4.74 Å². The molecule has 0 amide bonds. The van der Waals surface area contributed by atoms with Crippen LogP contribution in [0.3, 0.4) is 0 Å². The molecule has 4 nitrogen and oxygen atoms in total. The number of rotatable bonds is 4. The van der Waals surface area contributed by atoms with Crippen LogP contribution in [0.2, 0.25) is 0 Å². The van der Waals surface area contributed by atoms with Crippen molar-refractivity contribution in [2.75, 3.05) is 13.4 Å². The Hall–Kier alpha value is -2.27. The summed E-state index contributed by atoms with van der Waals surface area (Å²) in [5.74, 6) is 0.829. The van der Waals surface area contributed by atoms with E-state index in [2.05, 4.69) is 15.5 Å². The first kappa shape index (κ1) is 15.1. The molecule has 108 valence electrons. The van der Waals surface area contributed by atoms with E-state index in [0.29, 0.717) is 0 Å². The van der Waals surface area contributed by atoms with Gasteiger partial charge in [0.25, 0.3) is 0 Å². The highest BCUT2D eigenvalue weighted by atomic mass is 32.2. The van der Waals surface area contributed by atoms with E-state index in [1.54, 1.807) is 13.3 Å². The van der Waals surface area contributed by atoms with E-state index in [1.807, 2.05) is 60.9 Å². The predicted octanol–water partition coefficient (Wildman–Crippen LogP) is 3.67. The minimum absolute atomic E-state index is 0.742. The van der Waals surface area contributed by atoms with E-state index in [4.69, 9.17) is 4.74 Å². The molecule has 5 heteroatoms. The maximum atomic E-state index is 5.11. The molecule has 0 heterocycles. The first-order chi connectivity index (χ1) is 10.3. The summed E-state index contributed by atoms with van der Waals surface area (Å²) in [4.78, 5) is 4.47. The lowest BCUT2D eigenvalue weighted by Gasteiger charge is -2.02. The van der Waals surface area contributed by atoms with E-state index in [-0.39, 0.29) is 0 Å². The van der Waals surface area contributed by atoms with Crippen LogP contribution in [0.25, 0.3) is 0 Å². The zero-order valence-electron chi connectivity index (χ0n) is 12.0. The van der Waals surface area contributed by atoms with E-state index in [1.165, 1.54) is 11.8 Å². The average molecular weight is 299 g/mol. The van der Waals surface area contributed by atoms with E-state index in [0.717, 1.165) is 22.2 Å². The number of amidine groups is 1. The van der Waals surface area contributed by atoms with Crippen LogP contribution in [0.5, 0.6) is 5.75 Å². The molecule has 2 aromatic carbocycles. The number of benzene rings is 2. The lowest BCUT2D eigenvalue weighted by molar-refractivity contribution is 0.415. The van der Waals surface area contributed by atoms with Crippen molar-refractivity contribution in [3.8, 4) is 5.75 Å². The van der Waals surface area contributed by atoms with Crippen molar-refractivity contribution >= 4 is 28.8 Å². The van der Waals surface area contributed by atoms with Crippen LogP contribution in [0.15, 0.2) is 64.7 Å². The molecule has 0 radical (unpaired) electrons. The second-order valence-corrected chi connectivity index (χ2v) is 4.89. The van der Waals surface area contributed by atoms with Gasteiger partial charge in [-0.15, -0.1) is 0 Å². The van der Waals surface area contributed by atoms with Crippen LogP contribution in [-0.4, -0.2) is 24.7 Å². The third-order valence-electron chi connectivity index (χ3n) is 2.67. The van der Waals surface area contributed by atoms with Gasteiger partial charge in [-0.1, -0.05) is 30.0 Å². The lowest BCUT2D eigenvalue weighted by atomic mass is 10.2. The number of methoxy groups -OCH3 is 1. The third-order valence-corrected chi connectivity index (χ3v) is 3.24. The van der Waals surface area contributed by atoms with Crippen molar-refractivity contribution in [3.05, 3.63) is 60.2 Å². The van der Waals surface area contributed by atoms with Crippen molar-refractivity contribution in [1.82, 2.24) is 5.43 Å². The minimum atomic E-state index is 0.742. The molecule has 0 fully saturated rings. The number of hydrazone groups is 1. The number of hydrogen-bond donors (Lipinski definition) is 1. The molecule has 1 N–H and O–H groups in total. The van der Waals surface area contributed by atoms with Gasteiger partial charge in [-0.2, -0.15) is 5.10 Å². The first-order valence-corrected chi connectivity index (χ1v) is 7.65. The number of ether oxygens (including phenoxy) is 1. The summed E-state index contributed by atoms with van der Waals surface area (Å²) in [5.41, 5.74) is 4.83. The maximum absolute atomic E-state index is 5.11. The normalized spacial score (nSPS) is 11.6. The van der Waals surface area contributed by atoms with Gasteiger partial charge in [0.15, 0.2) is 5.17 Å². The summed E-state index contributed by atoms with van der Waals surface area (Å²) in [7, 11) is 1.65. The molecule has 0 bridgehead atoms. The lowest BCUT2D eigenvalue weighted by Crippen LogP contribution is -2.13. The van der Waals surface area contributed by atoms with Gasteiger partial charge in [-0.3, -0.25) is 5.43 Å². The second kappa shape index (κ2) is 8.11. The Morgan fingerprint density at radius 1 is 1.10 bits per heavy atom. The fourth-order valence-electron chi connectivity index (χ4n) is 1.59. The summed E-state index contributed by atoms with van der Waals surface area (Å²) in [6.07, 6.45) is 3.70.